The summed E-state index contributed by atoms with van der Waals surface area (Å²) in [6, 6.07) is 48.6. The molecule has 1 fully saturated rings. The summed E-state index contributed by atoms with van der Waals surface area (Å²) in [6.45, 7) is 8.33. The van der Waals surface area contributed by atoms with E-state index >= 15 is 0 Å². The van der Waals surface area contributed by atoms with Gasteiger partial charge in [0.2, 0.25) is 0 Å². The average molecular weight is 741 g/mol. The van der Waals surface area contributed by atoms with Crippen molar-refractivity contribution in [1.29, 1.82) is 0 Å². The number of hydrogen-bond donors (Lipinski definition) is 2. The second-order valence-electron chi connectivity index (χ2n) is 15.8. The van der Waals surface area contributed by atoms with E-state index in [4.69, 9.17) is 19.3 Å². The van der Waals surface area contributed by atoms with Crippen molar-refractivity contribution < 1.29 is 9.31 Å². The van der Waals surface area contributed by atoms with Crippen LogP contribution in [0.3, 0.4) is 0 Å². The molecule has 10 rings (SSSR count). The van der Waals surface area contributed by atoms with Crippen LogP contribution in [-0.2, 0) is 9.31 Å². The number of H-pyrrole nitrogens is 2. The number of aromatic amines is 2. The molecule has 3 aromatic heterocycles. The lowest BCUT2D eigenvalue weighted by Gasteiger charge is -2.32. The summed E-state index contributed by atoms with van der Waals surface area (Å²) in [4.78, 5) is 18.5. The lowest BCUT2D eigenvalue weighted by molar-refractivity contribution is 0.00578. The van der Waals surface area contributed by atoms with Gasteiger partial charge >= 0.3 is 7.12 Å². The lowest BCUT2D eigenvalue weighted by atomic mass is 9.78. The van der Waals surface area contributed by atoms with E-state index in [0.29, 0.717) is 0 Å². The normalized spacial score (nSPS) is 15.3. The summed E-state index contributed by atoms with van der Waals surface area (Å²) < 4.78 is 12.8. The van der Waals surface area contributed by atoms with Crippen molar-refractivity contribution in [3.05, 3.63) is 162 Å². The summed E-state index contributed by atoms with van der Waals surface area (Å²) in [6.07, 6.45) is 8.53. The molecule has 0 amide bonds. The quantitative estimate of drug-likeness (QED) is 0.172. The first kappa shape index (κ1) is 34.9. The topological polar surface area (TPSA) is 75.8 Å². The van der Waals surface area contributed by atoms with Crippen LogP contribution in [0.2, 0.25) is 0 Å². The van der Waals surface area contributed by atoms with Crippen LogP contribution in [-0.4, -0.2) is 38.3 Å². The van der Waals surface area contributed by atoms with E-state index in [0.717, 1.165) is 94.8 Å². The SMILES string of the molecule is CC1(C)OB(c2ccc(-c3c4nc(c(-c5ccccc5)c5ccc([nH]5)c(-c5ccccc5)c5nc(c(-c6ccccc6)c6ccc3[nH]6)C=C5)C=C4)cc2)OC1(C)C. The molecule has 2 N–H and O–H groups in total. The number of nitrogens with one attached hydrogen (secondary N) is 2. The second-order valence-corrected chi connectivity index (χ2v) is 15.8. The number of fused-ring (bicyclic) bond motifs is 8. The monoisotopic (exact) mass is 740 g/mol. The standard InChI is InChI=1S/C50H41BN4O2/c1-49(2)50(3,4)57-51(56-49)36-22-20-35(21-23-36)48-43-30-28-41(54-43)46(33-16-10-6-11-17-33)39-26-24-37(52-39)45(32-14-8-5-9-15-32)38-25-27-40(53-38)47(34-18-12-7-13-19-34)42-29-31-44(48)55-42/h5-31,52,55H,1-4H3. The molecule has 276 valence electrons. The summed E-state index contributed by atoms with van der Waals surface area (Å²) in [5.74, 6) is 0. The molecule has 0 aliphatic carbocycles. The number of hydrogen-bond acceptors (Lipinski definition) is 4. The number of benzene rings is 4. The van der Waals surface area contributed by atoms with Crippen molar-refractivity contribution in [2.75, 3.05) is 0 Å². The maximum absolute atomic E-state index is 6.41. The molecule has 8 bridgehead atoms. The molecular weight excluding hydrogens is 699 g/mol. The zero-order valence-corrected chi connectivity index (χ0v) is 32.4. The van der Waals surface area contributed by atoms with Crippen molar-refractivity contribution in [3.8, 4) is 44.5 Å². The highest BCUT2D eigenvalue weighted by atomic mass is 16.7. The Labute approximate surface area is 332 Å². The molecule has 0 radical (unpaired) electrons. The van der Waals surface area contributed by atoms with Gasteiger partial charge in [-0.15, -0.1) is 0 Å². The summed E-state index contributed by atoms with van der Waals surface area (Å²) in [5.41, 5.74) is 15.8. The third-order valence-electron chi connectivity index (χ3n) is 11.7. The third kappa shape index (κ3) is 6.16. The van der Waals surface area contributed by atoms with Gasteiger partial charge in [-0.1, -0.05) is 115 Å². The fraction of sp³-hybridized carbons (Fsp3) is 0.120. The second kappa shape index (κ2) is 13.6. The number of nitrogens with zero attached hydrogens (tertiary/aromatic N) is 2. The van der Waals surface area contributed by atoms with Gasteiger partial charge in [-0.05, 0) is 104 Å². The molecule has 7 heteroatoms. The van der Waals surface area contributed by atoms with E-state index < -0.39 is 18.3 Å². The molecule has 57 heavy (non-hydrogen) atoms. The van der Waals surface area contributed by atoms with Crippen molar-refractivity contribution in [2.45, 2.75) is 38.9 Å². The summed E-state index contributed by atoms with van der Waals surface area (Å²) in [5, 5.41) is 0. The molecule has 6 heterocycles. The van der Waals surface area contributed by atoms with Crippen LogP contribution in [0.4, 0.5) is 0 Å². The molecule has 4 aromatic carbocycles. The van der Waals surface area contributed by atoms with Gasteiger partial charge in [0.15, 0.2) is 0 Å². The Hall–Kier alpha value is -6.54. The Morgan fingerprint density at radius 1 is 0.386 bits per heavy atom. The van der Waals surface area contributed by atoms with Crippen LogP contribution in [0.25, 0.3) is 90.9 Å². The molecule has 0 atom stereocenters. The fourth-order valence-electron chi connectivity index (χ4n) is 8.02. The van der Waals surface area contributed by atoms with E-state index in [1.165, 1.54) is 0 Å². The highest BCUT2D eigenvalue weighted by Gasteiger charge is 2.51. The average Bonchev–Trinajstić information content (AvgIpc) is 4.08. The minimum atomic E-state index is -0.454. The number of rotatable bonds is 5. The fourth-order valence-corrected chi connectivity index (χ4v) is 8.02. The van der Waals surface area contributed by atoms with Gasteiger partial charge < -0.3 is 19.3 Å². The molecule has 3 aliphatic rings. The molecule has 0 saturated carbocycles. The van der Waals surface area contributed by atoms with Gasteiger partial charge in [-0.2, -0.15) is 0 Å². The predicted octanol–water partition coefficient (Wildman–Crippen LogP) is 11.6. The molecule has 0 spiro atoms. The van der Waals surface area contributed by atoms with Crippen molar-refractivity contribution in [3.63, 3.8) is 0 Å². The maximum Gasteiger partial charge on any atom is 0.494 e. The Bertz CT molecular complexity index is 2840. The first-order chi connectivity index (χ1) is 27.7. The first-order valence-electron chi connectivity index (χ1n) is 19.5. The highest BCUT2D eigenvalue weighted by molar-refractivity contribution is 6.62. The van der Waals surface area contributed by atoms with Crippen molar-refractivity contribution in [1.82, 2.24) is 19.9 Å². The van der Waals surface area contributed by atoms with E-state index in [9.17, 15) is 0 Å². The zero-order valence-electron chi connectivity index (χ0n) is 32.4. The van der Waals surface area contributed by atoms with Crippen LogP contribution in [0.5, 0.6) is 0 Å². The van der Waals surface area contributed by atoms with Crippen LogP contribution >= 0.6 is 0 Å². The van der Waals surface area contributed by atoms with E-state index in [1.54, 1.807) is 0 Å². The van der Waals surface area contributed by atoms with E-state index in [1.807, 2.05) is 18.2 Å². The summed E-state index contributed by atoms with van der Waals surface area (Å²) >= 11 is 0. The first-order valence-corrected chi connectivity index (χ1v) is 19.5. The van der Waals surface area contributed by atoms with Gasteiger partial charge in [0.1, 0.15) is 0 Å². The molecule has 0 unspecified atom stereocenters. The molecule has 7 aromatic rings. The Morgan fingerprint density at radius 3 is 1.00 bits per heavy atom. The van der Waals surface area contributed by atoms with E-state index in [-0.39, 0.29) is 0 Å². The van der Waals surface area contributed by atoms with Gasteiger partial charge in [0.05, 0.1) is 34.0 Å². The highest BCUT2D eigenvalue weighted by Crippen LogP contribution is 2.39. The molecule has 3 aliphatic heterocycles. The summed E-state index contributed by atoms with van der Waals surface area (Å²) in [7, 11) is -0.454. The van der Waals surface area contributed by atoms with Crippen LogP contribution in [0.1, 0.15) is 50.5 Å². The van der Waals surface area contributed by atoms with Crippen LogP contribution in [0.15, 0.2) is 140 Å². The van der Waals surface area contributed by atoms with Gasteiger partial charge in [0, 0.05) is 44.3 Å². The lowest BCUT2D eigenvalue weighted by Crippen LogP contribution is -2.41. The van der Waals surface area contributed by atoms with Crippen molar-refractivity contribution >= 4 is 59.0 Å². The largest absolute Gasteiger partial charge is 0.494 e. The predicted molar refractivity (Wildman–Crippen MR) is 236 cm³/mol. The minimum absolute atomic E-state index is 0.428. The Morgan fingerprint density at radius 2 is 0.684 bits per heavy atom. The maximum atomic E-state index is 6.41. The minimum Gasteiger partial charge on any atom is -0.399 e. The van der Waals surface area contributed by atoms with Gasteiger partial charge in [-0.3, -0.25) is 0 Å². The number of aromatic nitrogens is 4. The van der Waals surface area contributed by atoms with Crippen molar-refractivity contribution in [2.24, 2.45) is 0 Å². The molecule has 1 saturated heterocycles. The van der Waals surface area contributed by atoms with Crippen LogP contribution in [0, 0.1) is 0 Å². The van der Waals surface area contributed by atoms with Gasteiger partial charge in [-0.25, -0.2) is 9.97 Å². The Kier molecular flexibility index (Phi) is 8.33. The Balaban J connectivity index is 1.29. The van der Waals surface area contributed by atoms with Gasteiger partial charge in [0.25, 0.3) is 0 Å². The van der Waals surface area contributed by atoms with Crippen LogP contribution < -0.4 is 5.46 Å². The molecule has 6 nitrogen and oxygen atoms in total. The third-order valence-corrected chi connectivity index (χ3v) is 11.7. The molecular formula is C50H41BN4O2. The zero-order chi connectivity index (χ0) is 38.7. The smallest absolute Gasteiger partial charge is 0.399 e. The van der Waals surface area contributed by atoms with E-state index in [2.05, 4.69) is 183 Å².